The molecular formula is C13H14O4S. The van der Waals surface area contributed by atoms with Crippen LogP contribution in [0.15, 0.2) is 35.5 Å². The fourth-order valence-electron chi connectivity index (χ4n) is 1.72. The van der Waals surface area contributed by atoms with Gasteiger partial charge in [0.05, 0.1) is 6.61 Å². The molecule has 4 nitrogen and oxygen atoms in total. The van der Waals surface area contributed by atoms with E-state index in [2.05, 4.69) is 11.8 Å². The zero-order chi connectivity index (χ0) is 13.1. The van der Waals surface area contributed by atoms with E-state index in [1.807, 2.05) is 12.2 Å². The Morgan fingerprint density at radius 2 is 2.28 bits per heavy atom. The first-order valence-electron chi connectivity index (χ1n) is 5.59. The summed E-state index contributed by atoms with van der Waals surface area (Å²) in [6.07, 6.45) is 9.56. The van der Waals surface area contributed by atoms with Crippen LogP contribution in [0.5, 0.6) is 0 Å². The first-order chi connectivity index (χ1) is 8.49. The van der Waals surface area contributed by atoms with Crippen molar-refractivity contribution in [1.82, 2.24) is 0 Å². The second-order valence-electron chi connectivity index (χ2n) is 4.17. The van der Waals surface area contributed by atoms with Crippen LogP contribution < -0.4 is 0 Å². The lowest BCUT2D eigenvalue weighted by atomic mass is 10.2. The van der Waals surface area contributed by atoms with Gasteiger partial charge in [-0.3, -0.25) is 0 Å². The van der Waals surface area contributed by atoms with Crippen molar-refractivity contribution >= 4 is 9.84 Å². The zero-order valence-corrected chi connectivity index (χ0v) is 10.9. The normalized spacial score (nSPS) is 28.8. The van der Waals surface area contributed by atoms with Crippen molar-refractivity contribution in [2.75, 3.05) is 12.9 Å². The van der Waals surface area contributed by atoms with Gasteiger partial charge < -0.3 is 9.47 Å². The molecule has 0 N–H and O–H groups in total. The van der Waals surface area contributed by atoms with E-state index in [-0.39, 0.29) is 0 Å². The maximum Gasteiger partial charge on any atom is 0.230 e. The van der Waals surface area contributed by atoms with Gasteiger partial charge in [0, 0.05) is 24.2 Å². The lowest BCUT2D eigenvalue weighted by Crippen LogP contribution is -2.24. The van der Waals surface area contributed by atoms with E-state index in [4.69, 9.17) is 9.47 Å². The van der Waals surface area contributed by atoms with Crippen LogP contribution in [0.25, 0.3) is 0 Å². The van der Waals surface area contributed by atoms with E-state index in [9.17, 15) is 8.42 Å². The molecule has 1 atom stereocenters. The van der Waals surface area contributed by atoms with Crippen molar-refractivity contribution in [1.29, 1.82) is 0 Å². The summed E-state index contributed by atoms with van der Waals surface area (Å²) in [6.45, 7) is 0.709. The van der Waals surface area contributed by atoms with E-state index in [1.54, 1.807) is 6.08 Å². The van der Waals surface area contributed by atoms with Gasteiger partial charge in [-0.2, -0.15) is 0 Å². The van der Waals surface area contributed by atoms with Gasteiger partial charge in [0.15, 0.2) is 9.84 Å². The van der Waals surface area contributed by atoms with Gasteiger partial charge in [-0.25, -0.2) is 8.42 Å². The topological polar surface area (TPSA) is 52.6 Å². The Morgan fingerprint density at radius 1 is 1.44 bits per heavy atom. The molecular weight excluding hydrogens is 252 g/mol. The number of ether oxygens (including phenoxy) is 2. The largest absolute Gasteiger partial charge is 0.458 e. The Balaban J connectivity index is 1.95. The third-order valence-electron chi connectivity index (χ3n) is 2.50. The predicted molar refractivity (Wildman–Crippen MR) is 68.0 cm³/mol. The van der Waals surface area contributed by atoms with Gasteiger partial charge in [-0.05, 0) is 24.6 Å². The van der Waals surface area contributed by atoms with Gasteiger partial charge in [0.1, 0.15) is 5.76 Å². The molecule has 1 saturated heterocycles. The molecule has 0 aromatic heterocycles. The highest BCUT2D eigenvalue weighted by atomic mass is 32.2. The molecule has 2 aliphatic rings. The highest BCUT2D eigenvalue weighted by molar-refractivity contribution is 7.93. The molecule has 0 bridgehead atoms. The molecule has 2 aliphatic heterocycles. The summed E-state index contributed by atoms with van der Waals surface area (Å²) in [5.74, 6) is 5.37. The summed E-state index contributed by atoms with van der Waals surface area (Å²) in [4.78, 5) is 0. The first kappa shape index (κ1) is 12.9. The second kappa shape index (κ2) is 5.01. The summed E-state index contributed by atoms with van der Waals surface area (Å²) in [5.41, 5.74) is 0. The average molecular weight is 266 g/mol. The Bertz CT molecular complexity index is 564. The highest BCUT2D eigenvalue weighted by Gasteiger charge is 2.38. The van der Waals surface area contributed by atoms with E-state index >= 15 is 0 Å². The Hall–Kier alpha value is -1.51. The third kappa shape index (κ3) is 3.49. The van der Waals surface area contributed by atoms with Crippen LogP contribution in [0, 0.1) is 11.8 Å². The smallest absolute Gasteiger partial charge is 0.230 e. The quantitative estimate of drug-likeness (QED) is 0.675. The first-order valence-corrected chi connectivity index (χ1v) is 7.55. The van der Waals surface area contributed by atoms with Crippen molar-refractivity contribution in [3.8, 4) is 11.8 Å². The minimum absolute atomic E-state index is 0.587. The number of allylic oxidation sites excluding steroid dienone is 3. The summed E-state index contributed by atoms with van der Waals surface area (Å²) in [6, 6.07) is 0. The van der Waals surface area contributed by atoms with Crippen molar-refractivity contribution < 1.29 is 17.9 Å². The van der Waals surface area contributed by atoms with Crippen LogP contribution in [0.1, 0.15) is 12.8 Å². The van der Waals surface area contributed by atoms with Crippen molar-refractivity contribution in [2.24, 2.45) is 0 Å². The molecule has 0 aromatic rings. The fraction of sp³-hybridized carbons (Fsp3) is 0.385. The Labute approximate surface area is 107 Å². The average Bonchev–Trinajstić information content (AvgIpc) is 2.88. The third-order valence-corrected chi connectivity index (χ3v) is 3.13. The van der Waals surface area contributed by atoms with Crippen LogP contribution in [0.3, 0.4) is 0 Å². The van der Waals surface area contributed by atoms with Crippen molar-refractivity contribution in [3.63, 3.8) is 0 Å². The molecule has 1 fully saturated rings. The maximum absolute atomic E-state index is 10.8. The SMILES string of the molecule is CS(=O)(=O)/C=C\C#C/C=C1/C=CC2(CCCO2)O1. The number of sulfone groups is 1. The molecule has 1 spiro atoms. The monoisotopic (exact) mass is 266 g/mol. The predicted octanol–water partition coefficient (Wildman–Crippen LogP) is 1.53. The van der Waals surface area contributed by atoms with Gasteiger partial charge in [-0.15, -0.1) is 0 Å². The molecule has 96 valence electrons. The van der Waals surface area contributed by atoms with E-state index < -0.39 is 15.6 Å². The van der Waals surface area contributed by atoms with Crippen molar-refractivity contribution in [2.45, 2.75) is 18.6 Å². The van der Waals surface area contributed by atoms with Crippen LogP contribution >= 0.6 is 0 Å². The molecule has 2 rings (SSSR count). The van der Waals surface area contributed by atoms with Gasteiger partial charge in [0.25, 0.3) is 0 Å². The lowest BCUT2D eigenvalue weighted by molar-refractivity contribution is -0.135. The molecule has 5 heteroatoms. The van der Waals surface area contributed by atoms with E-state index in [0.29, 0.717) is 12.4 Å². The van der Waals surface area contributed by atoms with Gasteiger partial charge >= 0.3 is 0 Å². The Kier molecular flexibility index (Phi) is 3.60. The fourth-order valence-corrected chi connectivity index (χ4v) is 2.04. The molecule has 0 aromatic carbocycles. The zero-order valence-electron chi connectivity index (χ0n) is 10.0. The standard InChI is InChI=1S/C13H14O4S/c1-18(14,15)11-4-2-3-6-12-7-9-13(17-12)8-5-10-16-13/h4,6-7,9,11H,5,8,10H2,1H3/b11-4-,12-6-. The van der Waals surface area contributed by atoms with Gasteiger partial charge in [0.2, 0.25) is 5.79 Å². The second-order valence-corrected chi connectivity index (χ2v) is 6.10. The minimum atomic E-state index is -3.11. The van der Waals surface area contributed by atoms with Crippen molar-refractivity contribution in [3.05, 3.63) is 35.5 Å². The Morgan fingerprint density at radius 3 is 2.94 bits per heavy atom. The summed E-state index contributed by atoms with van der Waals surface area (Å²) < 4.78 is 32.7. The van der Waals surface area contributed by atoms with Gasteiger partial charge in [-0.1, -0.05) is 11.8 Å². The minimum Gasteiger partial charge on any atom is -0.458 e. The summed E-state index contributed by atoms with van der Waals surface area (Å²) in [7, 11) is -3.11. The molecule has 18 heavy (non-hydrogen) atoms. The maximum atomic E-state index is 10.8. The number of hydrogen-bond donors (Lipinski definition) is 0. The number of hydrogen-bond acceptors (Lipinski definition) is 4. The van der Waals surface area contributed by atoms with Crippen LogP contribution in [-0.4, -0.2) is 27.1 Å². The van der Waals surface area contributed by atoms with E-state index in [0.717, 1.165) is 24.5 Å². The molecule has 0 aliphatic carbocycles. The van der Waals surface area contributed by atoms with E-state index in [1.165, 1.54) is 6.08 Å². The van der Waals surface area contributed by atoms with Crippen LogP contribution in [-0.2, 0) is 19.3 Å². The molecule has 0 radical (unpaired) electrons. The summed E-state index contributed by atoms with van der Waals surface area (Å²) >= 11 is 0. The highest BCUT2D eigenvalue weighted by Crippen LogP contribution is 2.35. The summed E-state index contributed by atoms with van der Waals surface area (Å²) in [5, 5.41) is 1.06. The van der Waals surface area contributed by atoms with Crippen LogP contribution in [0.2, 0.25) is 0 Å². The van der Waals surface area contributed by atoms with Crippen LogP contribution in [0.4, 0.5) is 0 Å². The molecule has 0 saturated carbocycles. The molecule has 2 heterocycles. The lowest BCUT2D eigenvalue weighted by Gasteiger charge is -2.20. The number of rotatable bonds is 1. The molecule has 1 unspecified atom stereocenters. The molecule has 0 amide bonds.